The van der Waals surface area contributed by atoms with Crippen molar-refractivity contribution < 1.29 is 14.6 Å². The number of benzene rings is 2. The number of halogens is 1. The molecule has 3 N–H and O–H groups in total. The van der Waals surface area contributed by atoms with Gasteiger partial charge in [-0.3, -0.25) is 15.0 Å². The third-order valence-electron chi connectivity index (χ3n) is 5.65. The van der Waals surface area contributed by atoms with Crippen molar-refractivity contribution in [2.75, 3.05) is 25.0 Å². The number of hydrogen-bond donors (Lipinski definition) is 3. The van der Waals surface area contributed by atoms with Crippen LogP contribution in [-0.4, -0.2) is 47.9 Å². The van der Waals surface area contributed by atoms with E-state index in [9.17, 15) is 9.90 Å². The van der Waals surface area contributed by atoms with E-state index < -0.39 is 6.23 Å². The van der Waals surface area contributed by atoms with Crippen molar-refractivity contribution >= 4 is 23.2 Å². The number of amides is 1. The molecule has 174 valence electrons. The van der Waals surface area contributed by atoms with Gasteiger partial charge in [-0.25, -0.2) is 0 Å². The second kappa shape index (κ2) is 12.2. The van der Waals surface area contributed by atoms with Gasteiger partial charge >= 0.3 is 0 Å². The highest BCUT2D eigenvalue weighted by Crippen LogP contribution is 2.24. The van der Waals surface area contributed by atoms with Gasteiger partial charge in [0, 0.05) is 29.9 Å². The molecule has 0 aromatic heterocycles. The molecule has 6 nitrogen and oxygen atoms in total. The third kappa shape index (κ3) is 7.78. The number of ether oxygens (including phenoxy) is 1. The van der Waals surface area contributed by atoms with Gasteiger partial charge in [0.2, 0.25) is 5.91 Å². The molecule has 0 radical (unpaired) electrons. The molecule has 0 aliphatic carbocycles. The first kappa shape index (κ1) is 24.5. The van der Waals surface area contributed by atoms with Crippen LogP contribution < -0.4 is 15.4 Å². The van der Waals surface area contributed by atoms with Crippen molar-refractivity contribution in [2.24, 2.45) is 5.92 Å². The van der Waals surface area contributed by atoms with Gasteiger partial charge in [0.15, 0.2) is 0 Å². The first-order chi connectivity index (χ1) is 15.4. The Morgan fingerprint density at radius 2 is 1.84 bits per heavy atom. The molecule has 1 unspecified atom stereocenters. The largest absolute Gasteiger partial charge is 0.491 e. The number of piperidine rings is 1. The highest BCUT2D eigenvalue weighted by Gasteiger charge is 2.21. The van der Waals surface area contributed by atoms with Crippen LogP contribution in [0, 0.1) is 5.92 Å². The Kier molecular flexibility index (Phi) is 9.36. The summed E-state index contributed by atoms with van der Waals surface area (Å²) in [7, 11) is 0. The van der Waals surface area contributed by atoms with E-state index in [1.807, 2.05) is 50.2 Å². The molecule has 1 fully saturated rings. The Bertz CT molecular complexity index is 852. The minimum atomic E-state index is -0.625. The summed E-state index contributed by atoms with van der Waals surface area (Å²) in [5, 5.41) is 17.4. The zero-order valence-corrected chi connectivity index (χ0v) is 19.6. The summed E-state index contributed by atoms with van der Waals surface area (Å²) in [4.78, 5) is 14.4. The maximum absolute atomic E-state index is 12.0. The van der Waals surface area contributed by atoms with E-state index in [0.717, 1.165) is 37.5 Å². The molecule has 1 aliphatic rings. The van der Waals surface area contributed by atoms with Crippen molar-refractivity contribution in [3.63, 3.8) is 0 Å². The highest BCUT2D eigenvalue weighted by molar-refractivity contribution is 6.30. The molecule has 1 heterocycles. The summed E-state index contributed by atoms with van der Waals surface area (Å²) < 4.78 is 5.84. The fraction of sp³-hybridized carbons (Fsp3) is 0.480. The van der Waals surface area contributed by atoms with Crippen molar-refractivity contribution in [1.82, 2.24) is 10.2 Å². The van der Waals surface area contributed by atoms with E-state index >= 15 is 0 Å². The van der Waals surface area contributed by atoms with Crippen LogP contribution in [0.4, 0.5) is 5.69 Å². The van der Waals surface area contributed by atoms with Gasteiger partial charge in [-0.05, 0) is 55.8 Å². The summed E-state index contributed by atoms with van der Waals surface area (Å²) in [6, 6.07) is 15.7. The molecule has 0 spiro atoms. The number of likely N-dealkylation sites (tertiary alicyclic amines) is 1. The molecule has 1 aliphatic heterocycles. The highest BCUT2D eigenvalue weighted by atomic mass is 35.5. The van der Waals surface area contributed by atoms with Gasteiger partial charge in [0.25, 0.3) is 0 Å². The fourth-order valence-electron chi connectivity index (χ4n) is 3.71. The van der Waals surface area contributed by atoms with Crippen LogP contribution >= 0.6 is 11.6 Å². The van der Waals surface area contributed by atoms with E-state index in [0.29, 0.717) is 30.5 Å². The zero-order chi connectivity index (χ0) is 22.9. The molecule has 1 atom stereocenters. The number of aliphatic hydroxyl groups excluding tert-OH is 1. The summed E-state index contributed by atoms with van der Waals surface area (Å²) in [5.74, 6) is 0.459. The van der Waals surface area contributed by atoms with Crippen LogP contribution in [0.2, 0.25) is 5.02 Å². The summed E-state index contributed by atoms with van der Waals surface area (Å²) in [5.41, 5.74) is 1.92. The third-order valence-corrected chi connectivity index (χ3v) is 5.91. The molecule has 32 heavy (non-hydrogen) atoms. The van der Waals surface area contributed by atoms with Crippen LogP contribution in [-0.2, 0) is 11.3 Å². The van der Waals surface area contributed by atoms with Gasteiger partial charge in [0.05, 0.1) is 12.3 Å². The number of hydrogen-bond acceptors (Lipinski definition) is 5. The summed E-state index contributed by atoms with van der Waals surface area (Å²) in [6.07, 6.45) is 1.84. The smallest absolute Gasteiger partial charge is 0.227 e. The van der Waals surface area contributed by atoms with E-state index in [1.54, 1.807) is 0 Å². The second-order valence-electron chi connectivity index (χ2n) is 8.64. The topological polar surface area (TPSA) is 73.8 Å². The standard InChI is InChI=1S/C25H34ClN3O3/c1-18(2)25(31)28-22-5-3-4-6-23(22)32-16-13-24(30)27-21-11-14-29(15-12-21)17-19-7-9-20(26)10-8-19/h3-10,18,21,24,27,30H,11-17H2,1-2H3,(H,28,31). The first-order valence-corrected chi connectivity index (χ1v) is 11.7. The van der Waals surface area contributed by atoms with Crippen molar-refractivity contribution in [2.45, 2.75) is 51.9 Å². The predicted octanol–water partition coefficient (Wildman–Crippen LogP) is 4.28. The van der Waals surface area contributed by atoms with Gasteiger partial charge < -0.3 is 15.2 Å². The number of nitrogens with one attached hydrogen (secondary N) is 2. The number of aliphatic hydroxyl groups is 1. The van der Waals surface area contributed by atoms with Crippen LogP contribution in [0.5, 0.6) is 5.75 Å². The van der Waals surface area contributed by atoms with E-state index in [2.05, 4.69) is 27.7 Å². The SMILES string of the molecule is CC(C)C(=O)Nc1ccccc1OCCC(O)NC1CCN(Cc2ccc(Cl)cc2)CC1. The van der Waals surface area contributed by atoms with Crippen LogP contribution in [0.3, 0.4) is 0 Å². The normalized spacial score (nSPS) is 16.2. The number of carbonyl (C=O) groups is 1. The number of nitrogens with zero attached hydrogens (tertiary/aromatic N) is 1. The van der Waals surface area contributed by atoms with Gasteiger partial charge in [-0.1, -0.05) is 49.7 Å². The second-order valence-corrected chi connectivity index (χ2v) is 9.07. The Morgan fingerprint density at radius 1 is 1.16 bits per heavy atom. The molecule has 3 rings (SSSR count). The Hall–Kier alpha value is -2.12. The average molecular weight is 460 g/mol. The van der Waals surface area contributed by atoms with E-state index in [1.165, 1.54) is 5.56 Å². The maximum Gasteiger partial charge on any atom is 0.227 e. The monoisotopic (exact) mass is 459 g/mol. The molecule has 1 amide bonds. The Morgan fingerprint density at radius 3 is 2.53 bits per heavy atom. The maximum atomic E-state index is 12.0. The molecular formula is C25H34ClN3O3. The number of rotatable bonds is 10. The summed E-state index contributed by atoms with van der Waals surface area (Å²) in [6.45, 7) is 6.97. The minimum absolute atomic E-state index is 0.0508. The van der Waals surface area contributed by atoms with Crippen molar-refractivity contribution in [1.29, 1.82) is 0 Å². The molecule has 2 aromatic rings. The van der Waals surface area contributed by atoms with Gasteiger partial charge in [-0.2, -0.15) is 0 Å². The predicted molar refractivity (Wildman–Crippen MR) is 129 cm³/mol. The van der Waals surface area contributed by atoms with E-state index in [-0.39, 0.29) is 11.8 Å². The first-order valence-electron chi connectivity index (χ1n) is 11.3. The molecule has 0 saturated carbocycles. The van der Waals surface area contributed by atoms with Gasteiger partial charge in [-0.15, -0.1) is 0 Å². The lowest BCUT2D eigenvalue weighted by Gasteiger charge is -2.33. The average Bonchev–Trinajstić information content (AvgIpc) is 2.78. The lowest BCUT2D eigenvalue weighted by Crippen LogP contribution is -2.46. The fourth-order valence-corrected chi connectivity index (χ4v) is 3.84. The number of para-hydroxylation sites is 2. The quantitative estimate of drug-likeness (QED) is 0.462. The van der Waals surface area contributed by atoms with E-state index in [4.69, 9.17) is 16.3 Å². The molecule has 1 saturated heterocycles. The summed E-state index contributed by atoms with van der Waals surface area (Å²) >= 11 is 5.96. The van der Waals surface area contributed by atoms with Crippen molar-refractivity contribution in [3.8, 4) is 5.75 Å². The molecule has 0 bridgehead atoms. The molecule has 7 heteroatoms. The Labute approximate surface area is 195 Å². The van der Waals surface area contributed by atoms with Crippen molar-refractivity contribution in [3.05, 3.63) is 59.1 Å². The minimum Gasteiger partial charge on any atom is -0.491 e. The van der Waals surface area contributed by atoms with Crippen LogP contribution in [0.25, 0.3) is 0 Å². The zero-order valence-electron chi connectivity index (χ0n) is 18.9. The molecular weight excluding hydrogens is 426 g/mol. The lowest BCUT2D eigenvalue weighted by molar-refractivity contribution is -0.118. The Balaban J connectivity index is 1.37. The molecule has 2 aromatic carbocycles. The van der Waals surface area contributed by atoms with Gasteiger partial charge in [0.1, 0.15) is 12.0 Å². The lowest BCUT2D eigenvalue weighted by atomic mass is 10.0. The number of carbonyl (C=O) groups excluding carboxylic acids is 1. The van der Waals surface area contributed by atoms with Crippen LogP contribution in [0.15, 0.2) is 48.5 Å². The van der Waals surface area contributed by atoms with Crippen LogP contribution in [0.1, 0.15) is 38.7 Å². The number of anilines is 1.